The van der Waals surface area contributed by atoms with Crippen LogP contribution < -0.4 is 5.32 Å². The van der Waals surface area contributed by atoms with E-state index in [0.29, 0.717) is 0 Å². The molecule has 1 rings (SSSR count). The molecule has 1 amide bonds. The van der Waals surface area contributed by atoms with Gasteiger partial charge in [-0.3, -0.25) is 5.32 Å². The molecule has 0 fully saturated rings. The zero-order valence-electron chi connectivity index (χ0n) is 11.3. The van der Waals surface area contributed by atoms with Gasteiger partial charge in [-0.25, -0.2) is 4.79 Å². The maximum atomic E-state index is 11.6. The highest BCUT2D eigenvalue weighted by atomic mass is 31.1. The Balaban J connectivity index is 2.64. The molecule has 0 aliphatic heterocycles. The molecule has 2 unspecified atom stereocenters. The predicted octanol–water partition coefficient (Wildman–Crippen LogP) is 2.81. The molecule has 0 heterocycles. The standard InChI is InChI=1S/C13H18NO4P/c1-13(2,3)18-12(15)14-11(19(16)17)9-10-7-5-4-6-8-10/h4-8,11H,9H2,1-3H3,(H-,14,15,16,17)/p+1. The molecule has 19 heavy (non-hydrogen) atoms. The maximum absolute atomic E-state index is 11.6. The number of rotatable bonds is 4. The molecule has 1 aromatic rings. The summed E-state index contributed by atoms with van der Waals surface area (Å²) in [6, 6.07) is 9.21. The van der Waals surface area contributed by atoms with Gasteiger partial charge in [0.05, 0.1) is 0 Å². The zero-order chi connectivity index (χ0) is 14.5. The van der Waals surface area contributed by atoms with Gasteiger partial charge in [-0.05, 0) is 30.9 Å². The lowest BCUT2D eigenvalue weighted by atomic mass is 10.1. The smallest absolute Gasteiger partial charge is 0.444 e. The van der Waals surface area contributed by atoms with Crippen molar-refractivity contribution < 1.29 is 19.0 Å². The van der Waals surface area contributed by atoms with E-state index < -0.39 is 25.5 Å². The Morgan fingerprint density at radius 3 is 2.42 bits per heavy atom. The molecule has 0 spiro atoms. The fourth-order valence-electron chi connectivity index (χ4n) is 1.47. The van der Waals surface area contributed by atoms with Gasteiger partial charge < -0.3 is 4.74 Å². The number of benzene rings is 1. The number of carbonyl (C=O) groups excluding carboxylic acids is 1. The second kappa shape index (κ2) is 6.64. The summed E-state index contributed by atoms with van der Waals surface area (Å²) in [4.78, 5) is 20.9. The van der Waals surface area contributed by atoms with Crippen molar-refractivity contribution in [2.75, 3.05) is 0 Å². The zero-order valence-corrected chi connectivity index (χ0v) is 12.2. The number of nitrogens with one attached hydrogen (secondary N) is 1. The van der Waals surface area contributed by atoms with Crippen molar-refractivity contribution in [1.82, 2.24) is 5.32 Å². The van der Waals surface area contributed by atoms with E-state index in [2.05, 4.69) is 5.32 Å². The second-order valence-electron chi connectivity index (χ2n) is 5.15. The molecule has 0 saturated heterocycles. The summed E-state index contributed by atoms with van der Waals surface area (Å²) >= 11 is 0. The van der Waals surface area contributed by atoms with E-state index in [1.54, 1.807) is 20.8 Å². The molecule has 0 aliphatic rings. The minimum atomic E-state index is -2.52. The lowest BCUT2D eigenvalue weighted by Gasteiger charge is -2.20. The fraction of sp³-hybridized carbons (Fsp3) is 0.462. The number of amides is 1. The highest BCUT2D eigenvalue weighted by molar-refractivity contribution is 7.38. The quantitative estimate of drug-likeness (QED) is 0.834. The minimum Gasteiger partial charge on any atom is -0.444 e. The van der Waals surface area contributed by atoms with Crippen LogP contribution in [0, 0.1) is 0 Å². The summed E-state index contributed by atoms with van der Waals surface area (Å²) in [5.74, 6) is -0.854. The van der Waals surface area contributed by atoms with Gasteiger partial charge in [0.15, 0.2) is 0 Å². The molecule has 1 aromatic carbocycles. The first-order valence-corrected chi connectivity index (χ1v) is 7.25. The average molecular weight is 284 g/mol. The molecular weight excluding hydrogens is 265 g/mol. The summed E-state index contributed by atoms with van der Waals surface area (Å²) in [5.41, 5.74) is 0.239. The van der Waals surface area contributed by atoms with Crippen molar-refractivity contribution in [2.45, 2.75) is 38.6 Å². The Morgan fingerprint density at radius 2 is 1.95 bits per heavy atom. The summed E-state index contributed by atoms with van der Waals surface area (Å²) in [6.07, 6.45) is -0.406. The van der Waals surface area contributed by atoms with Crippen LogP contribution in [0.2, 0.25) is 0 Å². The summed E-state index contributed by atoms with van der Waals surface area (Å²) in [6.45, 7) is 5.20. The van der Waals surface area contributed by atoms with E-state index in [1.807, 2.05) is 30.3 Å². The van der Waals surface area contributed by atoms with Crippen LogP contribution in [0.3, 0.4) is 0 Å². The average Bonchev–Trinajstić information content (AvgIpc) is 2.26. The largest absolute Gasteiger partial charge is 0.531 e. The molecule has 0 aliphatic carbocycles. The molecule has 0 bridgehead atoms. The van der Waals surface area contributed by atoms with Gasteiger partial charge in [0.2, 0.25) is 0 Å². The van der Waals surface area contributed by atoms with E-state index in [0.717, 1.165) is 5.56 Å². The van der Waals surface area contributed by atoms with Crippen molar-refractivity contribution in [1.29, 1.82) is 0 Å². The molecule has 2 N–H and O–H groups in total. The van der Waals surface area contributed by atoms with Crippen molar-refractivity contribution in [3.05, 3.63) is 35.9 Å². The SMILES string of the molecule is CC(C)(C)OC(=O)NC(Cc1ccccc1)[P+](=O)O. The van der Waals surface area contributed by atoms with Gasteiger partial charge in [0, 0.05) is 6.42 Å². The Bertz CT molecular complexity index is 442. The normalized spacial score (nSPS) is 13.6. The third kappa shape index (κ3) is 6.32. The summed E-state index contributed by atoms with van der Waals surface area (Å²) in [7, 11) is -2.52. The van der Waals surface area contributed by atoms with Crippen LogP contribution in [-0.2, 0) is 15.7 Å². The number of hydrogen-bond donors (Lipinski definition) is 2. The van der Waals surface area contributed by atoms with Gasteiger partial charge in [-0.1, -0.05) is 30.3 Å². The van der Waals surface area contributed by atoms with E-state index in [1.165, 1.54) is 0 Å². The minimum absolute atomic E-state index is 0.284. The fourth-order valence-corrected chi connectivity index (χ4v) is 2.05. The third-order valence-corrected chi connectivity index (χ3v) is 3.07. The highest BCUT2D eigenvalue weighted by Gasteiger charge is 2.32. The third-order valence-electron chi connectivity index (χ3n) is 2.22. The van der Waals surface area contributed by atoms with Crippen LogP contribution in [-0.4, -0.2) is 22.4 Å². The number of carbonyl (C=O) groups is 1. The maximum Gasteiger partial charge on any atom is 0.531 e. The van der Waals surface area contributed by atoms with Crippen LogP contribution in [0.4, 0.5) is 4.79 Å². The molecule has 5 nitrogen and oxygen atoms in total. The Morgan fingerprint density at radius 1 is 1.37 bits per heavy atom. The van der Waals surface area contributed by atoms with Gasteiger partial charge >= 0.3 is 14.1 Å². The molecular formula is C13H19NO4P+. The Labute approximate surface area is 113 Å². The lowest BCUT2D eigenvalue weighted by Crippen LogP contribution is -2.38. The highest BCUT2D eigenvalue weighted by Crippen LogP contribution is 2.24. The number of alkyl carbamates (subject to hydrolysis) is 1. The van der Waals surface area contributed by atoms with Crippen LogP contribution in [0.15, 0.2) is 30.3 Å². The van der Waals surface area contributed by atoms with E-state index in [9.17, 15) is 14.3 Å². The molecule has 0 aromatic heterocycles. The van der Waals surface area contributed by atoms with Gasteiger partial charge in [0.25, 0.3) is 5.78 Å². The number of ether oxygens (including phenoxy) is 1. The first-order valence-electron chi connectivity index (χ1n) is 5.96. The van der Waals surface area contributed by atoms with Crippen LogP contribution in [0.5, 0.6) is 0 Å². The van der Waals surface area contributed by atoms with Crippen LogP contribution in [0.1, 0.15) is 26.3 Å². The lowest BCUT2D eigenvalue weighted by molar-refractivity contribution is 0.0518. The predicted molar refractivity (Wildman–Crippen MR) is 73.1 cm³/mol. The van der Waals surface area contributed by atoms with Crippen molar-refractivity contribution in [2.24, 2.45) is 0 Å². The number of hydrogen-bond acceptors (Lipinski definition) is 3. The first kappa shape index (κ1) is 15.6. The molecule has 104 valence electrons. The van der Waals surface area contributed by atoms with Gasteiger partial charge in [-0.2, -0.15) is 4.89 Å². The topological polar surface area (TPSA) is 75.6 Å². The monoisotopic (exact) mass is 284 g/mol. The molecule has 2 atom stereocenters. The molecule has 0 radical (unpaired) electrons. The molecule has 6 heteroatoms. The molecule has 0 saturated carbocycles. The summed E-state index contributed by atoms with van der Waals surface area (Å²) in [5, 5.41) is 2.43. The second-order valence-corrected chi connectivity index (χ2v) is 6.38. The van der Waals surface area contributed by atoms with Crippen LogP contribution >= 0.6 is 8.03 Å². The van der Waals surface area contributed by atoms with Gasteiger partial charge in [0.1, 0.15) is 5.60 Å². The van der Waals surface area contributed by atoms with Crippen molar-refractivity contribution >= 4 is 14.1 Å². The summed E-state index contributed by atoms with van der Waals surface area (Å²) < 4.78 is 16.3. The van der Waals surface area contributed by atoms with E-state index in [-0.39, 0.29) is 6.42 Å². The van der Waals surface area contributed by atoms with E-state index in [4.69, 9.17) is 4.74 Å². The van der Waals surface area contributed by atoms with Gasteiger partial charge in [-0.15, -0.1) is 0 Å². The van der Waals surface area contributed by atoms with Crippen molar-refractivity contribution in [3.63, 3.8) is 0 Å². The Hall–Kier alpha value is -1.45. The van der Waals surface area contributed by atoms with Crippen molar-refractivity contribution in [3.8, 4) is 0 Å². The Kier molecular flexibility index (Phi) is 5.45. The van der Waals surface area contributed by atoms with Crippen LogP contribution in [0.25, 0.3) is 0 Å². The van der Waals surface area contributed by atoms with E-state index >= 15 is 0 Å². The first-order chi connectivity index (χ1) is 8.78.